The van der Waals surface area contributed by atoms with Crippen LogP contribution in [0.2, 0.25) is 0 Å². The van der Waals surface area contributed by atoms with E-state index in [9.17, 15) is 14.0 Å². The minimum atomic E-state index is -0.385. The molecule has 2 aromatic rings. The van der Waals surface area contributed by atoms with Gasteiger partial charge in [-0.3, -0.25) is 14.5 Å². The van der Waals surface area contributed by atoms with Gasteiger partial charge in [-0.15, -0.1) is 0 Å². The van der Waals surface area contributed by atoms with Crippen LogP contribution in [0.25, 0.3) is 0 Å². The maximum atomic E-state index is 14.4. The van der Waals surface area contributed by atoms with Gasteiger partial charge in [0.2, 0.25) is 11.8 Å². The third kappa shape index (κ3) is 5.61. The number of aromatic nitrogens is 1. The zero-order valence-electron chi connectivity index (χ0n) is 19.7. The lowest BCUT2D eigenvalue weighted by Gasteiger charge is -2.41. The lowest BCUT2D eigenvalue weighted by Crippen LogP contribution is -2.54. The lowest BCUT2D eigenvalue weighted by molar-refractivity contribution is -0.140. The number of halogens is 1. The molecule has 1 N–H and O–H groups in total. The van der Waals surface area contributed by atoms with Crippen LogP contribution in [0.1, 0.15) is 55.2 Å². The molecule has 0 spiro atoms. The topological polar surface area (TPSA) is 78.7 Å². The second-order valence-corrected chi connectivity index (χ2v) is 9.49. The number of carbonyl (C=O) groups excluding carboxylic acids is 2. The second-order valence-electron chi connectivity index (χ2n) is 9.49. The molecule has 1 aliphatic carbocycles. The third-order valence-corrected chi connectivity index (χ3v) is 6.86. The van der Waals surface area contributed by atoms with Gasteiger partial charge in [-0.05, 0) is 56.9 Å². The van der Waals surface area contributed by atoms with Gasteiger partial charge in [0.15, 0.2) is 0 Å². The number of anilines is 1. The van der Waals surface area contributed by atoms with E-state index in [2.05, 4.69) is 22.3 Å². The summed E-state index contributed by atoms with van der Waals surface area (Å²) in [6.45, 7) is 8.56. The Bertz CT molecular complexity index is 1020. The molecule has 2 heterocycles. The molecule has 7 nitrogen and oxygen atoms in total. The Labute approximate surface area is 194 Å². The van der Waals surface area contributed by atoms with Crippen LogP contribution >= 0.6 is 0 Å². The molecule has 2 aliphatic rings. The fourth-order valence-corrected chi connectivity index (χ4v) is 5.03. The normalized spacial score (nSPS) is 19.8. The van der Waals surface area contributed by atoms with Crippen LogP contribution in [0, 0.1) is 25.6 Å². The summed E-state index contributed by atoms with van der Waals surface area (Å²) in [5.41, 5.74) is 2.86. The van der Waals surface area contributed by atoms with Crippen molar-refractivity contribution in [2.45, 2.75) is 65.5 Å². The van der Waals surface area contributed by atoms with E-state index >= 15 is 0 Å². The van der Waals surface area contributed by atoms with Gasteiger partial charge in [0, 0.05) is 49.9 Å². The number of hydrogen-bond donors (Lipinski definition) is 1. The maximum Gasteiger partial charge on any atom is 0.232 e. The van der Waals surface area contributed by atoms with Crippen molar-refractivity contribution in [2.75, 3.05) is 25.0 Å². The summed E-state index contributed by atoms with van der Waals surface area (Å²) in [4.78, 5) is 29.6. The molecule has 178 valence electrons. The molecule has 1 aromatic carbocycles. The van der Waals surface area contributed by atoms with Gasteiger partial charge < -0.3 is 14.7 Å². The van der Waals surface area contributed by atoms with Gasteiger partial charge in [-0.1, -0.05) is 18.0 Å². The first kappa shape index (κ1) is 23.4. The lowest BCUT2D eigenvalue weighted by atomic mass is 10.0. The Morgan fingerprint density at radius 1 is 1.18 bits per heavy atom. The van der Waals surface area contributed by atoms with Crippen LogP contribution < -0.4 is 5.32 Å². The second kappa shape index (κ2) is 10.0. The van der Waals surface area contributed by atoms with E-state index in [4.69, 9.17) is 4.52 Å². The number of aryl methyl sites for hydroxylation is 1. The Balaban J connectivity index is 1.38. The van der Waals surface area contributed by atoms with E-state index in [-0.39, 0.29) is 30.1 Å². The predicted octanol–water partition coefficient (Wildman–Crippen LogP) is 3.83. The quantitative estimate of drug-likeness (QED) is 0.715. The van der Waals surface area contributed by atoms with Crippen LogP contribution in [-0.2, 0) is 22.6 Å². The predicted molar refractivity (Wildman–Crippen MR) is 123 cm³/mol. The van der Waals surface area contributed by atoms with Crippen molar-refractivity contribution in [1.29, 1.82) is 0 Å². The molecule has 0 radical (unpaired) electrons. The van der Waals surface area contributed by atoms with Crippen molar-refractivity contribution in [1.82, 2.24) is 15.0 Å². The van der Waals surface area contributed by atoms with E-state index in [0.29, 0.717) is 36.1 Å². The summed E-state index contributed by atoms with van der Waals surface area (Å²) in [7, 11) is 0. The minimum Gasteiger partial charge on any atom is -0.361 e. The van der Waals surface area contributed by atoms with Gasteiger partial charge >= 0.3 is 0 Å². The van der Waals surface area contributed by atoms with Gasteiger partial charge in [0.05, 0.1) is 12.1 Å². The summed E-state index contributed by atoms with van der Waals surface area (Å²) in [6, 6.07) is 4.72. The van der Waals surface area contributed by atoms with E-state index < -0.39 is 0 Å². The Hall–Kier alpha value is -2.74. The molecule has 1 saturated heterocycles. The molecule has 1 atom stereocenters. The first-order valence-electron chi connectivity index (χ1n) is 11.8. The summed E-state index contributed by atoms with van der Waals surface area (Å²) < 4.78 is 19.5. The van der Waals surface area contributed by atoms with Gasteiger partial charge in [0.1, 0.15) is 11.6 Å². The van der Waals surface area contributed by atoms with E-state index in [1.807, 2.05) is 11.8 Å². The standard InChI is InChI=1S/C25H33FN4O3/c1-16-10-22(33-28-16)13-24(31)27-23-12-21(26)11-20(18(23)3)15-29-8-9-30(17(2)14-29)25(32)19-6-4-5-7-19/h10-12,17,19H,4-9,13-15H2,1-3H3,(H,27,31)/t17-/m0/s1. The van der Waals surface area contributed by atoms with E-state index in [1.54, 1.807) is 13.0 Å². The molecule has 0 unspecified atom stereocenters. The molecule has 4 rings (SSSR count). The highest BCUT2D eigenvalue weighted by Gasteiger charge is 2.33. The monoisotopic (exact) mass is 456 g/mol. The van der Waals surface area contributed by atoms with Crippen molar-refractivity contribution in [2.24, 2.45) is 5.92 Å². The number of rotatable bonds is 6. The van der Waals surface area contributed by atoms with Crippen LogP contribution in [0.4, 0.5) is 10.1 Å². The van der Waals surface area contributed by atoms with Crippen LogP contribution in [0.3, 0.4) is 0 Å². The number of nitrogens with one attached hydrogen (secondary N) is 1. The maximum absolute atomic E-state index is 14.4. The van der Waals surface area contributed by atoms with Gasteiger partial charge in [0.25, 0.3) is 0 Å². The third-order valence-electron chi connectivity index (χ3n) is 6.86. The smallest absolute Gasteiger partial charge is 0.232 e. The Morgan fingerprint density at radius 2 is 1.94 bits per heavy atom. The molecule has 33 heavy (non-hydrogen) atoms. The van der Waals surface area contributed by atoms with Gasteiger partial charge in [-0.2, -0.15) is 0 Å². The first-order chi connectivity index (χ1) is 15.8. The van der Waals surface area contributed by atoms with Crippen molar-refractivity contribution in [3.05, 3.63) is 46.6 Å². The molecular weight excluding hydrogens is 423 g/mol. The fourth-order valence-electron chi connectivity index (χ4n) is 5.03. The number of carbonyl (C=O) groups is 2. The Morgan fingerprint density at radius 3 is 2.61 bits per heavy atom. The largest absolute Gasteiger partial charge is 0.361 e. The van der Waals surface area contributed by atoms with Crippen molar-refractivity contribution in [3.8, 4) is 0 Å². The van der Waals surface area contributed by atoms with E-state index in [0.717, 1.165) is 49.9 Å². The molecule has 1 aliphatic heterocycles. The first-order valence-corrected chi connectivity index (χ1v) is 11.8. The molecular formula is C25H33FN4O3. The highest BCUT2D eigenvalue weighted by Crippen LogP contribution is 2.29. The highest BCUT2D eigenvalue weighted by atomic mass is 19.1. The van der Waals surface area contributed by atoms with Crippen molar-refractivity contribution < 1.29 is 18.5 Å². The average molecular weight is 457 g/mol. The zero-order valence-corrected chi connectivity index (χ0v) is 19.7. The molecule has 2 fully saturated rings. The summed E-state index contributed by atoms with van der Waals surface area (Å²) in [5.74, 6) is 0.297. The molecule has 8 heteroatoms. The van der Waals surface area contributed by atoms with Crippen LogP contribution in [0.5, 0.6) is 0 Å². The average Bonchev–Trinajstić information content (AvgIpc) is 3.43. The number of amides is 2. The summed E-state index contributed by atoms with van der Waals surface area (Å²) in [6.07, 6.45) is 4.37. The summed E-state index contributed by atoms with van der Waals surface area (Å²) in [5, 5.41) is 6.60. The van der Waals surface area contributed by atoms with Crippen LogP contribution in [-0.4, -0.2) is 52.4 Å². The Kier molecular flexibility index (Phi) is 7.12. The van der Waals surface area contributed by atoms with E-state index in [1.165, 1.54) is 12.1 Å². The molecule has 1 saturated carbocycles. The SMILES string of the molecule is Cc1cc(CC(=O)Nc2cc(F)cc(CN3CCN(C(=O)C4CCCC4)[C@@H](C)C3)c2C)on1. The number of hydrogen-bond acceptors (Lipinski definition) is 5. The highest BCUT2D eigenvalue weighted by molar-refractivity contribution is 5.92. The molecule has 0 bridgehead atoms. The van der Waals surface area contributed by atoms with Crippen molar-refractivity contribution >= 4 is 17.5 Å². The van der Waals surface area contributed by atoms with Gasteiger partial charge in [-0.25, -0.2) is 4.39 Å². The minimum absolute atomic E-state index is 0.0423. The number of benzene rings is 1. The zero-order chi connectivity index (χ0) is 23.5. The number of piperazine rings is 1. The van der Waals surface area contributed by atoms with Crippen molar-refractivity contribution in [3.63, 3.8) is 0 Å². The molecule has 1 aromatic heterocycles. The number of nitrogens with zero attached hydrogens (tertiary/aromatic N) is 3. The summed E-state index contributed by atoms with van der Waals surface area (Å²) >= 11 is 0. The molecule has 2 amide bonds. The fraction of sp³-hybridized carbons (Fsp3) is 0.560. The van der Waals surface area contributed by atoms with Crippen LogP contribution in [0.15, 0.2) is 22.7 Å².